The maximum atomic E-state index is 4.92. The Labute approximate surface area is 117 Å². The molecule has 0 fully saturated rings. The Balaban J connectivity index is 0.000000583. The summed E-state index contributed by atoms with van der Waals surface area (Å²) >= 11 is 0. The van der Waals surface area contributed by atoms with E-state index in [1.165, 1.54) is 0 Å². The molecule has 2 aromatic heterocycles. The van der Waals surface area contributed by atoms with E-state index in [9.17, 15) is 0 Å². The molecule has 0 aliphatic heterocycles. The summed E-state index contributed by atoms with van der Waals surface area (Å²) in [6, 6.07) is 1.99. The minimum absolute atomic E-state index is 0. The maximum Gasteiger partial charge on any atom is 2.00 e. The first-order valence-corrected chi connectivity index (χ1v) is 5.36. The second-order valence-electron chi connectivity index (χ2n) is 4.69. The molecule has 3 nitrogen and oxygen atoms in total. The van der Waals surface area contributed by atoms with E-state index in [0.717, 1.165) is 11.1 Å². The molecule has 2 heterocycles. The van der Waals surface area contributed by atoms with Gasteiger partial charge in [0, 0.05) is 6.20 Å². The van der Waals surface area contributed by atoms with Crippen LogP contribution in [-0.4, -0.2) is 10.1 Å². The average Bonchev–Trinajstić information content (AvgIpc) is 2.63. The zero-order valence-electron chi connectivity index (χ0n) is 10.9. The predicted molar refractivity (Wildman–Crippen MR) is 65.0 cm³/mol. The van der Waals surface area contributed by atoms with Gasteiger partial charge in [0.1, 0.15) is 0 Å². The summed E-state index contributed by atoms with van der Waals surface area (Å²) in [4.78, 5) is 4.19. The molecule has 2 rings (SSSR count). The van der Waals surface area contributed by atoms with Crippen molar-refractivity contribution in [3.8, 4) is 0 Å². The molecule has 0 aliphatic carbocycles. The van der Waals surface area contributed by atoms with Crippen LogP contribution in [-0.2, 0) is 26.5 Å². The molecule has 0 aromatic carbocycles. The quantitative estimate of drug-likeness (QED) is 0.633. The molecule has 0 aliphatic rings. The molecule has 0 spiro atoms. The van der Waals surface area contributed by atoms with Crippen LogP contribution in [0.2, 0.25) is 0 Å². The Kier molecular flexibility index (Phi) is 6.62. The van der Waals surface area contributed by atoms with E-state index in [0.29, 0.717) is 5.58 Å². The van der Waals surface area contributed by atoms with Crippen LogP contribution in [0.5, 0.6) is 0 Å². The molecule has 0 N–H and O–H groups in total. The van der Waals surface area contributed by atoms with Crippen molar-refractivity contribution in [2.75, 3.05) is 0 Å². The Morgan fingerprint density at radius 2 is 1.88 bits per heavy atom. The van der Waals surface area contributed by atoms with Crippen LogP contribution in [0.1, 0.15) is 40.3 Å². The van der Waals surface area contributed by atoms with Gasteiger partial charge < -0.3 is 15.9 Å². The van der Waals surface area contributed by atoms with E-state index in [1.54, 1.807) is 6.20 Å². The summed E-state index contributed by atoms with van der Waals surface area (Å²) in [5.74, 6) is 0. The van der Waals surface area contributed by atoms with Gasteiger partial charge in [0.2, 0.25) is 0 Å². The van der Waals surface area contributed by atoms with Gasteiger partial charge in [0.25, 0.3) is 0 Å². The number of fused-ring (bicyclic) bond motifs is 1. The average molecular weight is 402 g/mol. The Morgan fingerprint density at radius 3 is 2.41 bits per heavy atom. The molecule has 0 radical (unpaired) electrons. The smallest absolute Gasteiger partial charge is 0.386 e. The van der Waals surface area contributed by atoms with Gasteiger partial charge >= 0.3 is 21.1 Å². The van der Waals surface area contributed by atoms with Crippen LogP contribution in [0.25, 0.3) is 11.0 Å². The van der Waals surface area contributed by atoms with Crippen molar-refractivity contribution in [2.45, 2.75) is 40.0 Å². The largest absolute Gasteiger partial charge is 2.00 e. The Morgan fingerprint density at radius 1 is 1.29 bits per heavy atom. The van der Waals surface area contributed by atoms with Crippen LogP contribution >= 0.6 is 0 Å². The van der Waals surface area contributed by atoms with Crippen molar-refractivity contribution >= 4 is 11.0 Å². The van der Waals surface area contributed by atoms with Gasteiger partial charge in [-0.25, -0.2) is 0 Å². The van der Waals surface area contributed by atoms with Crippen molar-refractivity contribution in [1.29, 1.82) is 0 Å². The van der Waals surface area contributed by atoms with Crippen molar-refractivity contribution in [3.05, 3.63) is 30.6 Å². The van der Waals surface area contributed by atoms with E-state index in [4.69, 9.17) is 4.52 Å². The van der Waals surface area contributed by atoms with E-state index >= 15 is 0 Å². The SMILES string of the molecule is CC(C)(C)c1cc2cnoc2[c-]n1.C[CH-]C.[W+2]. The maximum absolute atomic E-state index is 4.92. The van der Waals surface area contributed by atoms with Crippen LogP contribution in [0, 0.1) is 12.6 Å². The minimum atomic E-state index is 0. The van der Waals surface area contributed by atoms with Crippen LogP contribution in [0.3, 0.4) is 0 Å². The number of hydrogen-bond donors (Lipinski definition) is 0. The number of rotatable bonds is 0. The number of aromatic nitrogens is 2. The number of nitrogens with zero attached hydrogens (tertiary/aromatic N) is 2. The fourth-order valence-electron chi connectivity index (χ4n) is 1.11. The van der Waals surface area contributed by atoms with E-state index in [1.807, 2.05) is 26.3 Å². The predicted octanol–water partition coefficient (Wildman–Crippen LogP) is 3.55. The summed E-state index contributed by atoms with van der Waals surface area (Å²) in [7, 11) is 0. The molecular formula is C13H18N2OW. The monoisotopic (exact) mass is 402 g/mol. The van der Waals surface area contributed by atoms with Crippen molar-refractivity contribution < 1.29 is 25.6 Å². The van der Waals surface area contributed by atoms with E-state index in [-0.39, 0.29) is 26.5 Å². The molecule has 0 atom stereocenters. The van der Waals surface area contributed by atoms with Crippen LogP contribution in [0.4, 0.5) is 0 Å². The first-order valence-electron chi connectivity index (χ1n) is 5.36. The minimum Gasteiger partial charge on any atom is -0.386 e. The fraction of sp³-hybridized carbons (Fsp3) is 0.462. The van der Waals surface area contributed by atoms with Gasteiger partial charge in [-0.1, -0.05) is 31.9 Å². The number of hydrogen-bond acceptors (Lipinski definition) is 3. The summed E-state index contributed by atoms with van der Waals surface area (Å²) in [5, 5.41) is 4.64. The van der Waals surface area contributed by atoms with Gasteiger partial charge in [0.15, 0.2) is 0 Å². The zero-order valence-corrected chi connectivity index (χ0v) is 13.9. The van der Waals surface area contributed by atoms with Crippen LogP contribution in [0.15, 0.2) is 16.8 Å². The molecule has 2 aromatic rings. The third-order valence-corrected chi connectivity index (χ3v) is 1.94. The first kappa shape index (κ1) is 16.3. The van der Waals surface area contributed by atoms with Crippen molar-refractivity contribution in [3.63, 3.8) is 0 Å². The molecule has 4 heteroatoms. The van der Waals surface area contributed by atoms with Gasteiger partial charge in [-0.2, -0.15) is 13.8 Å². The van der Waals surface area contributed by atoms with E-state index in [2.05, 4.69) is 37.1 Å². The third kappa shape index (κ3) is 4.59. The van der Waals surface area contributed by atoms with Crippen molar-refractivity contribution in [1.82, 2.24) is 10.1 Å². The normalized spacial score (nSPS) is 10.4. The van der Waals surface area contributed by atoms with Crippen LogP contribution < -0.4 is 0 Å². The molecule has 17 heavy (non-hydrogen) atoms. The fourth-order valence-corrected chi connectivity index (χ4v) is 1.11. The molecule has 0 saturated carbocycles. The molecule has 0 unspecified atom stereocenters. The Hall–Kier alpha value is -0.692. The molecule has 92 valence electrons. The zero-order chi connectivity index (χ0) is 12.2. The van der Waals surface area contributed by atoms with Gasteiger partial charge in [-0.15, -0.1) is 11.2 Å². The molecule has 0 saturated heterocycles. The summed E-state index contributed by atoms with van der Waals surface area (Å²) in [5.41, 5.74) is 1.67. The Bertz CT molecular complexity index is 446. The number of pyridine rings is 1. The summed E-state index contributed by atoms with van der Waals surface area (Å²) in [6.45, 7) is 10.3. The molecule has 0 amide bonds. The third-order valence-electron chi connectivity index (χ3n) is 1.94. The first-order chi connectivity index (χ1) is 7.49. The molecule has 0 bridgehead atoms. The van der Waals surface area contributed by atoms with E-state index < -0.39 is 0 Å². The van der Waals surface area contributed by atoms with Gasteiger partial charge in [-0.05, 0) is 11.6 Å². The van der Waals surface area contributed by atoms with Crippen molar-refractivity contribution in [2.24, 2.45) is 0 Å². The second kappa shape index (κ2) is 6.90. The van der Waals surface area contributed by atoms with Gasteiger partial charge in [-0.3, -0.25) is 0 Å². The van der Waals surface area contributed by atoms with Gasteiger partial charge in [0.05, 0.1) is 5.58 Å². The topological polar surface area (TPSA) is 38.9 Å². The summed E-state index contributed by atoms with van der Waals surface area (Å²) in [6.07, 6.45) is 6.51. The summed E-state index contributed by atoms with van der Waals surface area (Å²) < 4.78 is 4.92. The second-order valence-corrected chi connectivity index (χ2v) is 4.69. The molecular weight excluding hydrogens is 384 g/mol. The standard InChI is InChI=1S/C10H11N2O.C3H7.W/c1-10(2,3)9-4-7-5-12-13-8(7)6-11-9;1-3-2;/h4-5H,1-3H3;3H,1-2H3;/q2*-1;+2.